The zero-order valence-electron chi connectivity index (χ0n) is 11.9. The van der Waals surface area contributed by atoms with Crippen LogP contribution in [0.2, 0.25) is 0 Å². The summed E-state index contributed by atoms with van der Waals surface area (Å²) in [6.45, 7) is 1.97. The van der Waals surface area contributed by atoms with Crippen LogP contribution in [0.25, 0.3) is 0 Å². The molecule has 0 aliphatic carbocycles. The van der Waals surface area contributed by atoms with E-state index in [4.69, 9.17) is 0 Å². The lowest BCUT2D eigenvalue weighted by atomic mass is 10.1. The molecular weight excluding hydrogens is 285 g/mol. The van der Waals surface area contributed by atoms with Gasteiger partial charge >= 0.3 is 0 Å². The smallest absolute Gasteiger partial charge is 0.230 e. The van der Waals surface area contributed by atoms with Crippen LogP contribution < -0.4 is 5.32 Å². The van der Waals surface area contributed by atoms with Gasteiger partial charge in [0.2, 0.25) is 5.91 Å². The lowest BCUT2D eigenvalue weighted by Gasteiger charge is -2.14. The summed E-state index contributed by atoms with van der Waals surface area (Å²) in [6.07, 6.45) is 0. The number of carbonyl (C=O) groups is 1. The number of hydrogen-bond donors (Lipinski definition) is 1. The average molecular weight is 303 g/mol. The molecule has 0 spiro atoms. The monoisotopic (exact) mass is 303 g/mol. The molecule has 1 atom stereocenters. The van der Waals surface area contributed by atoms with Crippen LogP contribution >= 0.6 is 11.8 Å². The van der Waals surface area contributed by atoms with Crippen molar-refractivity contribution in [2.24, 2.45) is 0 Å². The summed E-state index contributed by atoms with van der Waals surface area (Å²) < 4.78 is 12.8. The van der Waals surface area contributed by atoms with E-state index in [1.165, 1.54) is 23.9 Å². The maximum absolute atomic E-state index is 12.8. The molecule has 2 nitrogen and oxygen atoms in total. The van der Waals surface area contributed by atoms with E-state index in [1.807, 2.05) is 37.3 Å². The first-order valence-corrected chi connectivity index (χ1v) is 7.97. The second-order valence-corrected chi connectivity index (χ2v) is 5.80. The highest BCUT2D eigenvalue weighted by Crippen LogP contribution is 2.14. The van der Waals surface area contributed by atoms with Crippen LogP contribution in [0.4, 0.5) is 4.39 Å². The highest BCUT2D eigenvalue weighted by atomic mass is 32.2. The molecule has 4 heteroatoms. The Balaban J connectivity index is 1.73. The van der Waals surface area contributed by atoms with Crippen molar-refractivity contribution < 1.29 is 9.18 Å². The maximum Gasteiger partial charge on any atom is 0.230 e. The molecule has 1 amide bonds. The van der Waals surface area contributed by atoms with Crippen molar-refractivity contribution in [3.05, 3.63) is 71.5 Å². The second kappa shape index (κ2) is 7.84. The fourth-order valence-electron chi connectivity index (χ4n) is 1.95. The fourth-order valence-corrected chi connectivity index (χ4v) is 2.75. The number of hydrogen-bond acceptors (Lipinski definition) is 2. The van der Waals surface area contributed by atoms with Crippen LogP contribution in [0.3, 0.4) is 0 Å². The zero-order valence-corrected chi connectivity index (χ0v) is 12.7. The molecule has 0 fully saturated rings. The summed E-state index contributed by atoms with van der Waals surface area (Å²) in [5.41, 5.74) is 2.11. The predicted octanol–water partition coefficient (Wildman–Crippen LogP) is 3.94. The molecule has 0 bridgehead atoms. The molecule has 0 aromatic heterocycles. The molecule has 0 aliphatic rings. The number of thioether (sulfide) groups is 1. The van der Waals surface area contributed by atoms with Gasteiger partial charge in [-0.05, 0) is 30.2 Å². The minimum absolute atomic E-state index is 0.00474. The van der Waals surface area contributed by atoms with Gasteiger partial charge in [0, 0.05) is 5.75 Å². The van der Waals surface area contributed by atoms with E-state index in [2.05, 4.69) is 5.32 Å². The van der Waals surface area contributed by atoms with Crippen molar-refractivity contribution in [3.63, 3.8) is 0 Å². The Labute approximate surface area is 128 Å². The molecule has 1 unspecified atom stereocenters. The van der Waals surface area contributed by atoms with Crippen LogP contribution in [0.5, 0.6) is 0 Å². The lowest BCUT2D eigenvalue weighted by molar-refractivity contribution is -0.119. The van der Waals surface area contributed by atoms with Gasteiger partial charge in [-0.2, -0.15) is 0 Å². The number of rotatable bonds is 6. The minimum Gasteiger partial charge on any atom is -0.349 e. The van der Waals surface area contributed by atoms with Crippen molar-refractivity contribution in [2.75, 3.05) is 5.75 Å². The van der Waals surface area contributed by atoms with Crippen LogP contribution in [-0.4, -0.2) is 11.7 Å². The summed E-state index contributed by atoms with van der Waals surface area (Å²) in [5, 5.41) is 2.97. The van der Waals surface area contributed by atoms with E-state index in [9.17, 15) is 9.18 Å². The van der Waals surface area contributed by atoms with Crippen LogP contribution in [0.15, 0.2) is 54.6 Å². The highest BCUT2D eigenvalue weighted by molar-refractivity contribution is 7.99. The van der Waals surface area contributed by atoms with Crippen LogP contribution in [0, 0.1) is 5.82 Å². The summed E-state index contributed by atoms with van der Waals surface area (Å²) in [5.74, 6) is 0.874. The Morgan fingerprint density at radius 3 is 2.48 bits per heavy atom. The lowest BCUT2D eigenvalue weighted by Crippen LogP contribution is -2.28. The summed E-state index contributed by atoms with van der Waals surface area (Å²) >= 11 is 1.52. The second-order valence-electron chi connectivity index (χ2n) is 4.82. The number of benzene rings is 2. The van der Waals surface area contributed by atoms with E-state index < -0.39 is 0 Å². The summed E-state index contributed by atoms with van der Waals surface area (Å²) in [6, 6.07) is 16.2. The number of carbonyl (C=O) groups excluding carboxylic acids is 1. The third-order valence-corrected chi connectivity index (χ3v) is 4.10. The third-order valence-electron chi connectivity index (χ3n) is 3.09. The first-order chi connectivity index (χ1) is 10.1. The summed E-state index contributed by atoms with van der Waals surface area (Å²) in [4.78, 5) is 11.9. The molecule has 2 aromatic carbocycles. The molecule has 0 heterocycles. The summed E-state index contributed by atoms with van der Waals surface area (Å²) in [7, 11) is 0. The Bertz CT molecular complexity index is 571. The van der Waals surface area contributed by atoms with E-state index in [-0.39, 0.29) is 17.8 Å². The first kappa shape index (κ1) is 15.6. The van der Waals surface area contributed by atoms with Gasteiger partial charge in [-0.3, -0.25) is 4.79 Å². The van der Waals surface area contributed by atoms with E-state index in [1.54, 1.807) is 12.1 Å². The molecule has 0 radical (unpaired) electrons. The molecule has 110 valence electrons. The predicted molar refractivity (Wildman–Crippen MR) is 85.6 cm³/mol. The first-order valence-electron chi connectivity index (χ1n) is 6.81. The van der Waals surface area contributed by atoms with Crippen molar-refractivity contribution in [1.82, 2.24) is 5.32 Å². The fraction of sp³-hybridized carbons (Fsp3) is 0.235. The van der Waals surface area contributed by atoms with Gasteiger partial charge in [-0.1, -0.05) is 42.5 Å². The van der Waals surface area contributed by atoms with Crippen LogP contribution in [-0.2, 0) is 10.5 Å². The normalized spacial score (nSPS) is 11.9. The molecule has 0 saturated carbocycles. The van der Waals surface area contributed by atoms with Crippen molar-refractivity contribution in [1.29, 1.82) is 0 Å². The molecule has 2 rings (SSSR count). The van der Waals surface area contributed by atoms with Gasteiger partial charge < -0.3 is 5.32 Å². The van der Waals surface area contributed by atoms with Gasteiger partial charge in [0.05, 0.1) is 11.8 Å². The minimum atomic E-state index is -0.238. The van der Waals surface area contributed by atoms with Crippen molar-refractivity contribution >= 4 is 17.7 Å². The number of halogens is 1. The Morgan fingerprint density at radius 2 is 1.81 bits per heavy atom. The third kappa shape index (κ3) is 5.23. The quantitative estimate of drug-likeness (QED) is 0.876. The standard InChI is InChI=1S/C17H18FNOS/c1-13(15-5-3-2-4-6-15)19-17(20)12-21-11-14-7-9-16(18)10-8-14/h2-10,13H,11-12H2,1H3,(H,19,20). The molecule has 1 N–H and O–H groups in total. The molecule has 0 saturated heterocycles. The molecular formula is C17H18FNOS. The van der Waals surface area contributed by atoms with Gasteiger partial charge in [0.15, 0.2) is 0 Å². The SMILES string of the molecule is CC(NC(=O)CSCc1ccc(F)cc1)c1ccccc1. The van der Waals surface area contributed by atoms with Gasteiger partial charge in [0.1, 0.15) is 5.82 Å². The topological polar surface area (TPSA) is 29.1 Å². The van der Waals surface area contributed by atoms with Gasteiger partial charge in [-0.25, -0.2) is 4.39 Å². The Kier molecular flexibility index (Phi) is 5.81. The molecule has 2 aromatic rings. The average Bonchev–Trinajstić information content (AvgIpc) is 2.50. The Morgan fingerprint density at radius 1 is 1.14 bits per heavy atom. The highest BCUT2D eigenvalue weighted by Gasteiger charge is 2.09. The number of nitrogens with one attached hydrogen (secondary N) is 1. The van der Waals surface area contributed by atoms with E-state index >= 15 is 0 Å². The van der Waals surface area contributed by atoms with Crippen molar-refractivity contribution in [3.8, 4) is 0 Å². The Hall–Kier alpha value is -1.81. The molecule has 21 heavy (non-hydrogen) atoms. The van der Waals surface area contributed by atoms with Gasteiger partial charge in [-0.15, -0.1) is 11.8 Å². The molecule has 0 aliphatic heterocycles. The van der Waals surface area contributed by atoms with E-state index in [0.29, 0.717) is 11.5 Å². The number of amides is 1. The largest absolute Gasteiger partial charge is 0.349 e. The van der Waals surface area contributed by atoms with Gasteiger partial charge in [0.25, 0.3) is 0 Å². The zero-order chi connectivity index (χ0) is 15.1. The maximum atomic E-state index is 12.8. The van der Waals surface area contributed by atoms with Crippen molar-refractivity contribution in [2.45, 2.75) is 18.7 Å². The van der Waals surface area contributed by atoms with Crippen LogP contribution in [0.1, 0.15) is 24.1 Å². The van der Waals surface area contributed by atoms with E-state index in [0.717, 1.165) is 11.1 Å².